The van der Waals surface area contributed by atoms with Gasteiger partial charge in [-0.05, 0) is 62.1 Å². The maximum atomic E-state index is 13.2. The van der Waals surface area contributed by atoms with E-state index in [0.717, 1.165) is 12.0 Å². The van der Waals surface area contributed by atoms with E-state index in [1.165, 1.54) is 4.90 Å². The van der Waals surface area contributed by atoms with Crippen LogP contribution in [-0.4, -0.2) is 35.4 Å². The molecular formula is C24H30Cl2N2O3. The van der Waals surface area contributed by atoms with Gasteiger partial charge in [0.1, 0.15) is 11.8 Å². The van der Waals surface area contributed by atoms with Crippen molar-refractivity contribution >= 4 is 35.0 Å². The summed E-state index contributed by atoms with van der Waals surface area (Å²) in [4.78, 5) is 27.7. The second-order valence-electron chi connectivity index (χ2n) is 7.60. The van der Waals surface area contributed by atoms with Crippen LogP contribution >= 0.6 is 23.2 Å². The van der Waals surface area contributed by atoms with Gasteiger partial charge in [-0.25, -0.2) is 0 Å². The van der Waals surface area contributed by atoms with E-state index in [9.17, 15) is 9.59 Å². The standard InChI is InChI=1S/C24H30Cl2N2O3/c1-5-17(4)27-24(30)22(6-2)28(14-18-10-11-19(25)13-21(18)26)23(29)15-31-20-9-7-8-16(3)12-20/h7-13,17,22H,5-6,14-15H2,1-4H3,(H,27,30)/t17-,22+/m0/s1. The highest BCUT2D eigenvalue weighted by Crippen LogP contribution is 2.24. The Morgan fingerprint density at radius 2 is 1.84 bits per heavy atom. The number of rotatable bonds is 10. The fourth-order valence-electron chi connectivity index (χ4n) is 3.13. The Morgan fingerprint density at radius 3 is 2.45 bits per heavy atom. The molecule has 168 valence electrons. The molecule has 0 unspecified atom stereocenters. The first kappa shape index (κ1) is 25.0. The minimum atomic E-state index is -0.644. The Balaban J connectivity index is 2.26. The van der Waals surface area contributed by atoms with Gasteiger partial charge in [-0.2, -0.15) is 0 Å². The summed E-state index contributed by atoms with van der Waals surface area (Å²) in [5, 5.41) is 3.94. The van der Waals surface area contributed by atoms with E-state index in [1.807, 2.05) is 45.9 Å². The number of carbonyl (C=O) groups excluding carboxylic acids is 2. The summed E-state index contributed by atoms with van der Waals surface area (Å²) in [5.74, 6) is 0.124. The van der Waals surface area contributed by atoms with Crippen molar-refractivity contribution < 1.29 is 14.3 Å². The predicted octanol–water partition coefficient (Wildman–Crippen LogP) is 5.40. The van der Waals surface area contributed by atoms with Crippen LogP contribution in [0.25, 0.3) is 0 Å². The average Bonchev–Trinajstić information content (AvgIpc) is 2.73. The molecule has 0 heterocycles. The van der Waals surface area contributed by atoms with Gasteiger partial charge in [0.2, 0.25) is 5.91 Å². The van der Waals surface area contributed by atoms with Crippen molar-refractivity contribution in [3.8, 4) is 5.75 Å². The van der Waals surface area contributed by atoms with Crippen LogP contribution in [0, 0.1) is 6.92 Å². The molecule has 0 aliphatic rings. The number of carbonyl (C=O) groups is 2. The number of halogens is 2. The number of nitrogens with zero attached hydrogens (tertiary/aromatic N) is 1. The van der Waals surface area contributed by atoms with Crippen molar-refractivity contribution in [2.45, 2.75) is 59.2 Å². The molecule has 0 aromatic heterocycles. The number of hydrogen-bond acceptors (Lipinski definition) is 3. The first-order chi connectivity index (χ1) is 14.7. The second kappa shape index (κ2) is 12.0. The highest BCUT2D eigenvalue weighted by molar-refractivity contribution is 6.35. The highest BCUT2D eigenvalue weighted by atomic mass is 35.5. The second-order valence-corrected chi connectivity index (χ2v) is 8.45. The molecule has 0 saturated heterocycles. The molecule has 0 aliphatic carbocycles. The van der Waals surface area contributed by atoms with E-state index in [1.54, 1.807) is 24.3 Å². The summed E-state index contributed by atoms with van der Waals surface area (Å²) in [5.41, 5.74) is 1.75. The minimum Gasteiger partial charge on any atom is -0.484 e. The lowest BCUT2D eigenvalue weighted by molar-refractivity contribution is -0.143. The average molecular weight is 465 g/mol. The van der Waals surface area contributed by atoms with Crippen molar-refractivity contribution in [1.29, 1.82) is 0 Å². The molecule has 0 bridgehead atoms. The first-order valence-corrected chi connectivity index (χ1v) is 11.2. The predicted molar refractivity (Wildman–Crippen MR) is 126 cm³/mol. The number of ether oxygens (including phenoxy) is 1. The summed E-state index contributed by atoms with van der Waals surface area (Å²) in [7, 11) is 0. The zero-order valence-electron chi connectivity index (χ0n) is 18.5. The molecule has 0 saturated carbocycles. The molecule has 0 spiro atoms. The van der Waals surface area contributed by atoms with Crippen molar-refractivity contribution in [3.63, 3.8) is 0 Å². The van der Waals surface area contributed by atoms with Gasteiger partial charge in [-0.1, -0.05) is 55.2 Å². The smallest absolute Gasteiger partial charge is 0.261 e. The number of hydrogen-bond donors (Lipinski definition) is 1. The molecule has 31 heavy (non-hydrogen) atoms. The van der Waals surface area contributed by atoms with Gasteiger partial charge < -0.3 is 15.0 Å². The molecule has 2 aromatic rings. The van der Waals surface area contributed by atoms with Crippen LogP contribution in [0.4, 0.5) is 0 Å². The van der Waals surface area contributed by atoms with Gasteiger partial charge in [0.05, 0.1) is 0 Å². The van der Waals surface area contributed by atoms with Gasteiger partial charge in [0, 0.05) is 22.6 Å². The highest BCUT2D eigenvalue weighted by Gasteiger charge is 2.30. The van der Waals surface area contributed by atoms with Crippen molar-refractivity contribution in [1.82, 2.24) is 10.2 Å². The molecule has 2 amide bonds. The SMILES string of the molecule is CC[C@H](C(=O)N[C@@H](C)CC)N(Cc1ccc(Cl)cc1Cl)C(=O)COc1cccc(C)c1. The Hall–Kier alpha value is -2.24. The van der Waals surface area contributed by atoms with Crippen molar-refractivity contribution in [3.05, 3.63) is 63.6 Å². The zero-order chi connectivity index (χ0) is 23.0. The fourth-order valence-corrected chi connectivity index (χ4v) is 3.60. The van der Waals surface area contributed by atoms with Crippen LogP contribution in [0.3, 0.4) is 0 Å². The minimum absolute atomic E-state index is 0.0150. The maximum absolute atomic E-state index is 13.2. The van der Waals surface area contributed by atoms with E-state index < -0.39 is 6.04 Å². The monoisotopic (exact) mass is 464 g/mol. The number of amides is 2. The molecular weight excluding hydrogens is 435 g/mol. The Morgan fingerprint density at radius 1 is 1.10 bits per heavy atom. The number of aryl methyl sites for hydroxylation is 1. The quantitative estimate of drug-likeness (QED) is 0.511. The van der Waals surface area contributed by atoms with Gasteiger partial charge in [0.15, 0.2) is 6.61 Å². The third kappa shape index (κ3) is 7.44. The Bertz CT molecular complexity index is 904. The number of nitrogens with one attached hydrogen (secondary N) is 1. The largest absolute Gasteiger partial charge is 0.484 e. The topological polar surface area (TPSA) is 58.6 Å². The maximum Gasteiger partial charge on any atom is 0.261 e. The number of benzene rings is 2. The van der Waals surface area contributed by atoms with Gasteiger partial charge in [-0.15, -0.1) is 0 Å². The summed E-state index contributed by atoms with van der Waals surface area (Å²) < 4.78 is 5.72. The van der Waals surface area contributed by atoms with Crippen LogP contribution in [0.2, 0.25) is 10.0 Å². The normalized spacial score (nSPS) is 12.7. The molecule has 0 fully saturated rings. The summed E-state index contributed by atoms with van der Waals surface area (Å²) in [6.07, 6.45) is 1.26. The lowest BCUT2D eigenvalue weighted by Gasteiger charge is -2.31. The lowest BCUT2D eigenvalue weighted by Crippen LogP contribution is -2.51. The van der Waals surface area contributed by atoms with E-state index in [2.05, 4.69) is 5.32 Å². The molecule has 2 aromatic carbocycles. The van der Waals surface area contributed by atoms with Crippen LogP contribution < -0.4 is 10.1 Å². The lowest BCUT2D eigenvalue weighted by atomic mass is 10.1. The van der Waals surface area contributed by atoms with E-state index in [-0.39, 0.29) is 31.0 Å². The Kier molecular flexibility index (Phi) is 9.66. The molecule has 2 rings (SSSR count). The Labute approximate surface area is 194 Å². The van der Waals surface area contributed by atoms with Crippen molar-refractivity contribution in [2.24, 2.45) is 0 Å². The molecule has 5 nitrogen and oxygen atoms in total. The van der Waals surface area contributed by atoms with Gasteiger partial charge >= 0.3 is 0 Å². The third-order valence-electron chi connectivity index (χ3n) is 5.09. The zero-order valence-corrected chi connectivity index (χ0v) is 20.0. The van der Waals surface area contributed by atoms with E-state index in [4.69, 9.17) is 27.9 Å². The molecule has 0 radical (unpaired) electrons. The van der Waals surface area contributed by atoms with Crippen molar-refractivity contribution in [2.75, 3.05) is 6.61 Å². The summed E-state index contributed by atoms with van der Waals surface area (Å²) >= 11 is 12.4. The fraction of sp³-hybridized carbons (Fsp3) is 0.417. The van der Waals surface area contributed by atoms with Gasteiger partial charge in [0.25, 0.3) is 5.91 Å². The van der Waals surface area contributed by atoms with E-state index >= 15 is 0 Å². The van der Waals surface area contributed by atoms with Crippen LogP contribution in [0.15, 0.2) is 42.5 Å². The molecule has 0 aliphatic heterocycles. The molecule has 1 N–H and O–H groups in total. The third-order valence-corrected chi connectivity index (χ3v) is 5.68. The van der Waals surface area contributed by atoms with Gasteiger partial charge in [-0.3, -0.25) is 9.59 Å². The molecule has 2 atom stereocenters. The first-order valence-electron chi connectivity index (χ1n) is 10.5. The van der Waals surface area contributed by atoms with E-state index in [0.29, 0.717) is 27.8 Å². The van der Waals surface area contributed by atoms with Crippen LogP contribution in [-0.2, 0) is 16.1 Å². The summed E-state index contributed by atoms with van der Waals surface area (Å²) in [6.45, 7) is 7.77. The van der Waals surface area contributed by atoms with Crippen LogP contribution in [0.1, 0.15) is 44.7 Å². The summed E-state index contributed by atoms with van der Waals surface area (Å²) in [6, 6.07) is 12.0. The molecule has 7 heteroatoms. The van der Waals surface area contributed by atoms with Crippen LogP contribution in [0.5, 0.6) is 5.75 Å².